The summed E-state index contributed by atoms with van der Waals surface area (Å²) in [5, 5.41) is 6.56. The van der Waals surface area contributed by atoms with Gasteiger partial charge in [-0.2, -0.15) is 0 Å². The fraction of sp³-hybridized carbons (Fsp3) is 0.222. The van der Waals surface area contributed by atoms with Gasteiger partial charge >= 0.3 is 0 Å². The Kier molecular flexibility index (Phi) is 3.17. The van der Waals surface area contributed by atoms with Gasteiger partial charge in [-0.15, -0.1) is 11.8 Å². The number of fused-ring (bicyclic) bond motifs is 1. The summed E-state index contributed by atoms with van der Waals surface area (Å²) in [5.41, 5.74) is 0.744. The van der Waals surface area contributed by atoms with Crippen LogP contribution < -0.4 is 5.14 Å². The molecule has 0 saturated carbocycles. The zero-order valence-corrected chi connectivity index (χ0v) is 9.92. The predicted molar refractivity (Wildman–Crippen MR) is 62.7 cm³/mol. The van der Waals surface area contributed by atoms with Crippen LogP contribution in [-0.4, -0.2) is 24.9 Å². The smallest absolute Gasteiger partial charge is 0.209 e. The van der Waals surface area contributed by atoms with E-state index in [0.29, 0.717) is 5.75 Å². The van der Waals surface area contributed by atoms with Gasteiger partial charge in [0, 0.05) is 11.9 Å². The van der Waals surface area contributed by atoms with E-state index >= 15 is 0 Å². The normalized spacial score (nSPS) is 12.1. The first-order chi connectivity index (χ1) is 7.56. The topological polar surface area (TPSA) is 86.2 Å². The molecule has 86 valence electrons. The minimum absolute atomic E-state index is 0.0619. The third-order valence-electron chi connectivity index (χ3n) is 1.95. The van der Waals surface area contributed by atoms with Gasteiger partial charge in [-0.3, -0.25) is 0 Å². The van der Waals surface area contributed by atoms with Crippen molar-refractivity contribution in [2.24, 2.45) is 5.14 Å². The van der Waals surface area contributed by atoms with Crippen LogP contribution in [0.3, 0.4) is 0 Å². The Labute approximate surface area is 97.1 Å². The number of nitrogens with two attached hydrogens (primary N) is 1. The highest BCUT2D eigenvalue weighted by Crippen LogP contribution is 2.26. The van der Waals surface area contributed by atoms with Crippen LogP contribution >= 0.6 is 11.8 Å². The van der Waals surface area contributed by atoms with Crippen LogP contribution in [0.2, 0.25) is 0 Å². The van der Waals surface area contributed by atoms with E-state index in [1.165, 1.54) is 11.8 Å². The Bertz CT molecular complexity index is 592. The van der Waals surface area contributed by atoms with Crippen molar-refractivity contribution in [1.29, 1.82) is 0 Å². The van der Waals surface area contributed by atoms with Crippen molar-refractivity contribution in [3.05, 3.63) is 24.6 Å². The molecule has 2 aromatic rings. The molecular weight excluding hydrogens is 248 g/mol. The summed E-state index contributed by atoms with van der Waals surface area (Å²) in [7, 11) is -3.41. The maximum atomic E-state index is 10.8. The molecule has 0 saturated heterocycles. The predicted octanol–water partition coefficient (Wildman–Crippen LogP) is 1.21. The third kappa shape index (κ3) is 2.75. The monoisotopic (exact) mass is 258 g/mol. The maximum Gasteiger partial charge on any atom is 0.209 e. The lowest BCUT2D eigenvalue weighted by molar-refractivity contribution is 0.599. The highest BCUT2D eigenvalue weighted by atomic mass is 32.2. The van der Waals surface area contributed by atoms with Gasteiger partial charge in [0.2, 0.25) is 10.0 Å². The number of sulfonamides is 1. The Hall–Kier alpha value is -1.05. The van der Waals surface area contributed by atoms with E-state index in [0.717, 1.165) is 16.0 Å². The summed E-state index contributed by atoms with van der Waals surface area (Å²) in [6.07, 6.45) is 3.21. The summed E-state index contributed by atoms with van der Waals surface area (Å²) in [6, 6.07) is 3.57. The third-order valence-corrected chi connectivity index (χ3v) is 3.99. The number of furan rings is 1. The Morgan fingerprint density at radius 3 is 3.00 bits per heavy atom. The lowest BCUT2D eigenvalue weighted by Gasteiger charge is -2.00. The van der Waals surface area contributed by atoms with Crippen LogP contribution in [0.25, 0.3) is 11.0 Å². The van der Waals surface area contributed by atoms with Crippen LogP contribution in [-0.2, 0) is 10.0 Å². The van der Waals surface area contributed by atoms with Crippen molar-refractivity contribution in [2.75, 3.05) is 11.5 Å². The van der Waals surface area contributed by atoms with Crippen LogP contribution in [0.4, 0.5) is 0 Å². The highest BCUT2D eigenvalue weighted by Gasteiger charge is 2.07. The van der Waals surface area contributed by atoms with Crippen LogP contribution in [0, 0.1) is 0 Å². The van der Waals surface area contributed by atoms with Gasteiger partial charge in [0.05, 0.1) is 17.4 Å². The van der Waals surface area contributed by atoms with Gasteiger partial charge in [0.25, 0.3) is 0 Å². The lowest BCUT2D eigenvalue weighted by Crippen LogP contribution is -2.17. The molecule has 0 spiro atoms. The van der Waals surface area contributed by atoms with Gasteiger partial charge in [-0.25, -0.2) is 18.5 Å². The standard InChI is InChI=1S/C9H10N2O3S2/c10-16(12,13)6-5-15-9-7-2-4-14-8(7)1-3-11-9/h1-4H,5-6H2,(H2,10,12,13). The summed E-state index contributed by atoms with van der Waals surface area (Å²) in [6.45, 7) is 0. The van der Waals surface area contributed by atoms with E-state index in [1.807, 2.05) is 6.07 Å². The molecule has 0 radical (unpaired) electrons. The zero-order chi connectivity index (χ0) is 11.6. The molecule has 0 unspecified atom stereocenters. The largest absolute Gasteiger partial charge is 0.464 e. The molecule has 0 fully saturated rings. The van der Waals surface area contributed by atoms with Crippen LogP contribution in [0.1, 0.15) is 0 Å². The quantitative estimate of drug-likeness (QED) is 0.833. The van der Waals surface area contributed by atoms with Gasteiger partial charge in [-0.1, -0.05) is 0 Å². The van der Waals surface area contributed by atoms with E-state index in [1.54, 1.807) is 18.5 Å². The average Bonchev–Trinajstić information content (AvgIpc) is 2.64. The average molecular weight is 258 g/mol. The lowest BCUT2D eigenvalue weighted by atomic mass is 10.3. The first-order valence-electron chi connectivity index (χ1n) is 4.52. The van der Waals surface area contributed by atoms with Gasteiger partial charge in [0.15, 0.2) is 0 Å². The molecule has 0 aliphatic carbocycles. The Morgan fingerprint density at radius 2 is 2.25 bits per heavy atom. The van der Waals surface area contributed by atoms with E-state index in [2.05, 4.69) is 4.98 Å². The van der Waals surface area contributed by atoms with E-state index in [-0.39, 0.29) is 5.75 Å². The minimum atomic E-state index is -3.41. The van der Waals surface area contributed by atoms with Gasteiger partial charge < -0.3 is 4.42 Å². The molecule has 0 aromatic carbocycles. The fourth-order valence-electron chi connectivity index (χ4n) is 1.24. The van der Waals surface area contributed by atoms with Crippen LogP contribution in [0.15, 0.2) is 34.0 Å². The Balaban J connectivity index is 2.12. The Morgan fingerprint density at radius 1 is 1.44 bits per heavy atom. The van der Waals surface area contributed by atoms with E-state index in [9.17, 15) is 8.42 Å². The minimum Gasteiger partial charge on any atom is -0.464 e. The molecule has 2 N–H and O–H groups in total. The van der Waals surface area contributed by atoms with E-state index in [4.69, 9.17) is 9.56 Å². The molecule has 7 heteroatoms. The number of nitrogens with zero attached hydrogens (tertiary/aromatic N) is 1. The number of primary sulfonamides is 1. The number of rotatable bonds is 4. The van der Waals surface area contributed by atoms with Crippen molar-refractivity contribution in [2.45, 2.75) is 5.03 Å². The van der Waals surface area contributed by atoms with Crippen molar-refractivity contribution < 1.29 is 12.8 Å². The number of hydrogen-bond acceptors (Lipinski definition) is 5. The second-order valence-electron chi connectivity index (χ2n) is 3.16. The summed E-state index contributed by atoms with van der Waals surface area (Å²) in [4.78, 5) is 4.17. The molecule has 0 aliphatic heterocycles. The molecule has 0 amide bonds. The molecule has 2 rings (SSSR count). The molecule has 0 bridgehead atoms. The van der Waals surface area contributed by atoms with Gasteiger partial charge in [-0.05, 0) is 12.1 Å². The first-order valence-corrected chi connectivity index (χ1v) is 7.22. The highest BCUT2D eigenvalue weighted by molar-refractivity contribution is 8.00. The number of thioether (sulfide) groups is 1. The molecule has 2 aromatic heterocycles. The molecule has 5 nitrogen and oxygen atoms in total. The summed E-state index contributed by atoms with van der Waals surface area (Å²) < 4.78 is 26.7. The second kappa shape index (κ2) is 4.44. The summed E-state index contributed by atoms with van der Waals surface area (Å²) in [5.74, 6) is 0.323. The van der Waals surface area contributed by atoms with Crippen molar-refractivity contribution in [3.63, 3.8) is 0 Å². The second-order valence-corrected chi connectivity index (χ2v) is 5.98. The molecule has 2 heterocycles. The number of hydrogen-bond donors (Lipinski definition) is 1. The molecule has 16 heavy (non-hydrogen) atoms. The SMILES string of the molecule is NS(=O)(=O)CCSc1nccc2occc12. The van der Waals surface area contributed by atoms with Crippen molar-refractivity contribution in [3.8, 4) is 0 Å². The fourth-order valence-corrected chi connectivity index (χ4v) is 3.15. The first kappa shape index (κ1) is 11.4. The molecule has 0 atom stereocenters. The van der Waals surface area contributed by atoms with Crippen molar-refractivity contribution in [1.82, 2.24) is 4.98 Å². The van der Waals surface area contributed by atoms with Crippen LogP contribution in [0.5, 0.6) is 0 Å². The molecular formula is C9H10N2O3S2. The van der Waals surface area contributed by atoms with Crippen molar-refractivity contribution >= 4 is 32.8 Å². The zero-order valence-electron chi connectivity index (χ0n) is 8.29. The number of aromatic nitrogens is 1. The maximum absolute atomic E-state index is 10.8. The van der Waals surface area contributed by atoms with Gasteiger partial charge in [0.1, 0.15) is 10.6 Å². The number of pyridine rings is 1. The summed E-state index contributed by atoms with van der Waals surface area (Å²) >= 11 is 1.35. The molecule has 0 aliphatic rings. The van der Waals surface area contributed by atoms with E-state index < -0.39 is 10.0 Å².